The van der Waals surface area contributed by atoms with Crippen LogP contribution in [0.5, 0.6) is 0 Å². The molecule has 2 heterocycles. The summed E-state index contributed by atoms with van der Waals surface area (Å²) in [6.07, 6.45) is 1.43. The van der Waals surface area contributed by atoms with Crippen LogP contribution in [0.1, 0.15) is 41.7 Å². The van der Waals surface area contributed by atoms with Crippen LogP contribution in [-0.4, -0.2) is 39.8 Å². The highest BCUT2D eigenvalue weighted by Gasteiger charge is 2.19. The molecule has 0 saturated carbocycles. The lowest BCUT2D eigenvalue weighted by Crippen LogP contribution is -2.24. The molecule has 2 rings (SSSR count). The van der Waals surface area contributed by atoms with E-state index in [0.29, 0.717) is 11.4 Å². The van der Waals surface area contributed by atoms with Crippen LogP contribution in [0.4, 0.5) is 11.4 Å². The molecule has 0 aliphatic rings. The Morgan fingerprint density at radius 1 is 1.16 bits per heavy atom. The molecule has 2 aromatic rings. The van der Waals surface area contributed by atoms with Gasteiger partial charge in [-0.3, -0.25) is 0 Å². The van der Waals surface area contributed by atoms with Crippen molar-refractivity contribution in [2.75, 3.05) is 12.4 Å². The monoisotopic (exact) mass is 364 g/mol. The van der Waals surface area contributed by atoms with Gasteiger partial charge in [-0.25, -0.2) is 14.6 Å². The quantitative estimate of drug-likeness (QED) is 0.825. The number of pyridine rings is 1. The van der Waals surface area contributed by atoms with E-state index in [9.17, 15) is 9.59 Å². The molecule has 9 heteroatoms. The summed E-state index contributed by atoms with van der Waals surface area (Å²) in [4.78, 5) is 27.7. The third-order valence-corrected chi connectivity index (χ3v) is 2.98. The van der Waals surface area contributed by atoms with Crippen molar-refractivity contribution in [2.45, 2.75) is 26.4 Å². The van der Waals surface area contributed by atoms with Crippen molar-refractivity contribution in [1.29, 1.82) is 0 Å². The summed E-state index contributed by atoms with van der Waals surface area (Å²) in [5.74, 6) is -1.19. The number of halogens is 1. The Morgan fingerprint density at radius 3 is 2.44 bits per heavy atom. The van der Waals surface area contributed by atoms with Gasteiger partial charge in [0.05, 0.1) is 24.7 Å². The molecule has 25 heavy (non-hydrogen) atoms. The summed E-state index contributed by atoms with van der Waals surface area (Å²) in [7, 11) is 1.24. The summed E-state index contributed by atoms with van der Waals surface area (Å²) >= 11 is 5.82. The van der Waals surface area contributed by atoms with Gasteiger partial charge in [-0.15, -0.1) is 10.2 Å². The molecule has 0 aromatic carbocycles. The lowest BCUT2D eigenvalue weighted by atomic mass is 10.2. The van der Waals surface area contributed by atoms with E-state index in [1.165, 1.54) is 25.4 Å². The number of aromatic nitrogens is 3. The third kappa shape index (κ3) is 5.12. The zero-order valence-corrected chi connectivity index (χ0v) is 14.9. The fourth-order valence-electron chi connectivity index (χ4n) is 1.79. The van der Waals surface area contributed by atoms with Gasteiger partial charge in [-0.1, -0.05) is 11.6 Å². The highest BCUT2D eigenvalue weighted by atomic mass is 35.5. The first kappa shape index (κ1) is 18.6. The molecule has 0 radical (unpaired) electrons. The molecule has 0 amide bonds. The standard InChI is InChI=1S/C16H17ClN4O4/c1-16(2,3)25-14(22)10-6-5-9(8-18-10)19-11-7-12(17)20-21-13(11)15(23)24-4/h5-8H,1-4H3,(H,19,20). The fraction of sp³-hybridized carbons (Fsp3) is 0.312. The highest BCUT2D eigenvalue weighted by molar-refractivity contribution is 6.29. The van der Waals surface area contributed by atoms with E-state index in [4.69, 9.17) is 16.3 Å². The average Bonchev–Trinajstić information content (AvgIpc) is 2.53. The highest BCUT2D eigenvalue weighted by Crippen LogP contribution is 2.22. The maximum absolute atomic E-state index is 12.0. The van der Waals surface area contributed by atoms with Crippen molar-refractivity contribution >= 4 is 34.9 Å². The molecule has 0 aliphatic heterocycles. The fourth-order valence-corrected chi connectivity index (χ4v) is 1.93. The van der Waals surface area contributed by atoms with Crippen molar-refractivity contribution in [3.8, 4) is 0 Å². The van der Waals surface area contributed by atoms with Crippen molar-refractivity contribution in [1.82, 2.24) is 15.2 Å². The van der Waals surface area contributed by atoms with Crippen LogP contribution in [0.15, 0.2) is 24.4 Å². The zero-order valence-electron chi connectivity index (χ0n) is 14.2. The number of hydrogen-bond acceptors (Lipinski definition) is 8. The number of nitrogens with one attached hydrogen (secondary N) is 1. The molecule has 1 N–H and O–H groups in total. The molecule has 132 valence electrons. The summed E-state index contributed by atoms with van der Waals surface area (Å²) in [6, 6.07) is 4.55. The van der Waals surface area contributed by atoms with E-state index < -0.39 is 17.5 Å². The van der Waals surface area contributed by atoms with Gasteiger partial charge in [0.2, 0.25) is 0 Å². The predicted octanol–water partition coefficient (Wildman–Crippen LogP) is 3.01. The Morgan fingerprint density at radius 2 is 1.88 bits per heavy atom. The summed E-state index contributed by atoms with van der Waals surface area (Å²) < 4.78 is 9.89. The number of nitrogens with zero attached hydrogens (tertiary/aromatic N) is 3. The molecular weight excluding hydrogens is 348 g/mol. The summed E-state index contributed by atoms with van der Waals surface area (Å²) in [5, 5.41) is 10.4. The van der Waals surface area contributed by atoms with Crippen LogP contribution in [0.2, 0.25) is 5.15 Å². The minimum atomic E-state index is -0.662. The number of carbonyl (C=O) groups is 2. The topological polar surface area (TPSA) is 103 Å². The smallest absolute Gasteiger partial charge is 0.360 e. The van der Waals surface area contributed by atoms with Crippen LogP contribution in [0.3, 0.4) is 0 Å². The molecule has 0 fully saturated rings. The Labute approximate surface area is 149 Å². The van der Waals surface area contributed by atoms with Crippen LogP contribution < -0.4 is 5.32 Å². The largest absolute Gasteiger partial charge is 0.464 e. The van der Waals surface area contributed by atoms with Gasteiger partial charge in [-0.05, 0) is 32.9 Å². The number of carbonyl (C=O) groups excluding carboxylic acids is 2. The molecule has 8 nitrogen and oxygen atoms in total. The third-order valence-electron chi connectivity index (χ3n) is 2.79. The van der Waals surface area contributed by atoms with Crippen LogP contribution in [0, 0.1) is 0 Å². The zero-order chi connectivity index (χ0) is 18.6. The van der Waals surface area contributed by atoms with Crippen molar-refractivity contribution < 1.29 is 19.1 Å². The first-order valence-corrected chi connectivity index (χ1v) is 7.65. The Balaban J connectivity index is 2.21. The molecule has 0 unspecified atom stereocenters. The molecule has 0 spiro atoms. The first-order valence-electron chi connectivity index (χ1n) is 7.27. The van der Waals surface area contributed by atoms with E-state index in [0.717, 1.165) is 0 Å². The predicted molar refractivity (Wildman–Crippen MR) is 91.1 cm³/mol. The number of anilines is 2. The van der Waals surface area contributed by atoms with E-state index in [1.807, 2.05) is 0 Å². The van der Waals surface area contributed by atoms with Crippen molar-refractivity contribution in [3.05, 3.63) is 40.9 Å². The summed E-state index contributed by atoms with van der Waals surface area (Å²) in [5.41, 5.74) is 0.354. The Hall–Kier alpha value is -2.74. The summed E-state index contributed by atoms with van der Waals surface area (Å²) in [6.45, 7) is 5.32. The number of ether oxygens (including phenoxy) is 2. The molecule has 0 aliphatic carbocycles. The Bertz CT molecular complexity index is 788. The second-order valence-electron chi connectivity index (χ2n) is 5.98. The van der Waals surface area contributed by atoms with Gasteiger partial charge in [0.25, 0.3) is 0 Å². The van der Waals surface area contributed by atoms with Crippen molar-refractivity contribution in [3.63, 3.8) is 0 Å². The molecule has 0 atom stereocenters. The molecule has 2 aromatic heterocycles. The lowest BCUT2D eigenvalue weighted by molar-refractivity contribution is 0.00627. The Kier molecular flexibility index (Phi) is 5.53. The second kappa shape index (κ2) is 7.43. The molecular formula is C16H17ClN4O4. The lowest BCUT2D eigenvalue weighted by Gasteiger charge is -2.19. The maximum atomic E-state index is 12.0. The normalized spacial score (nSPS) is 10.9. The SMILES string of the molecule is COC(=O)c1nnc(Cl)cc1Nc1ccc(C(=O)OC(C)(C)C)nc1. The van der Waals surface area contributed by atoms with Crippen LogP contribution >= 0.6 is 11.6 Å². The van der Waals surface area contributed by atoms with E-state index >= 15 is 0 Å². The number of rotatable bonds is 4. The molecule has 0 bridgehead atoms. The molecule has 0 saturated heterocycles. The van der Waals surface area contributed by atoms with Gasteiger partial charge in [-0.2, -0.15) is 0 Å². The number of methoxy groups -OCH3 is 1. The van der Waals surface area contributed by atoms with Gasteiger partial charge in [0.15, 0.2) is 10.8 Å². The van der Waals surface area contributed by atoms with Gasteiger partial charge >= 0.3 is 11.9 Å². The van der Waals surface area contributed by atoms with Crippen LogP contribution in [-0.2, 0) is 9.47 Å². The first-order chi connectivity index (χ1) is 11.7. The van der Waals surface area contributed by atoms with E-state index in [-0.39, 0.29) is 16.5 Å². The van der Waals surface area contributed by atoms with E-state index in [2.05, 4.69) is 25.2 Å². The number of esters is 2. The minimum absolute atomic E-state index is 0.0249. The van der Waals surface area contributed by atoms with Gasteiger partial charge in [0, 0.05) is 6.07 Å². The number of hydrogen-bond donors (Lipinski definition) is 1. The minimum Gasteiger partial charge on any atom is -0.464 e. The average molecular weight is 365 g/mol. The second-order valence-corrected chi connectivity index (χ2v) is 6.37. The van der Waals surface area contributed by atoms with Crippen molar-refractivity contribution in [2.24, 2.45) is 0 Å². The van der Waals surface area contributed by atoms with E-state index in [1.54, 1.807) is 26.8 Å². The van der Waals surface area contributed by atoms with Gasteiger partial charge < -0.3 is 14.8 Å². The van der Waals surface area contributed by atoms with Crippen LogP contribution in [0.25, 0.3) is 0 Å². The maximum Gasteiger partial charge on any atom is 0.360 e. The van der Waals surface area contributed by atoms with Gasteiger partial charge in [0.1, 0.15) is 11.3 Å².